The second-order valence-electron chi connectivity index (χ2n) is 6.10. The van der Waals surface area contributed by atoms with E-state index in [0.29, 0.717) is 10.6 Å². The van der Waals surface area contributed by atoms with Crippen LogP contribution < -0.4 is 10.2 Å². The minimum Gasteiger partial charge on any atom is -0.456 e. The van der Waals surface area contributed by atoms with Crippen molar-refractivity contribution in [2.24, 2.45) is 0 Å². The molecule has 0 bridgehead atoms. The van der Waals surface area contributed by atoms with Gasteiger partial charge in [0.05, 0.1) is 6.42 Å². The van der Waals surface area contributed by atoms with Crippen LogP contribution in [0, 0.1) is 0 Å². The number of carbonyl (C=O) groups excluding carboxylic acids is 4. The summed E-state index contributed by atoms with van der Waals surface area (Å²) >= 11 is 5.78. The number of esters is 1. The Morgan fingerprint density at radius 2 is 2.04 bits per heavy atom. The van der Waals surface area contributed by atoms with E-state index in [4.69, 9.17) is 16.3 Å². The average Bonchev–Trinajstić information content (AvgIpc) is 2.97. The van der Waals surface area contributed by atoms with Crippen molar-refractivity contribution in [2.45, 2.75) is 6.42 Å². The van der Waals surface area contributed by atoms with Gasteiger partial charge < -0.3 is 15.0 Å². The molecule has 1 N–H and O–H groups in total. The van der Waals surface area contributed by atoms with Gasteiger partial charge in [-0.1, -0.05) is 11.6 Å². The fourth-order valence-electron chi connectivity index (χ4n) is 2.70. The Labute approximate surface area is 165 Å². The number of nitrogens with zero attached hydrogens (tertiary/aromatic N) is 2. The summed E-state index contributed by atoms with van der Waals surface area (Å²) in [5, 5.41) is 2.69. The number of aromatic nitrogens is 1. The number of pyridine rings is 1. The number of carbonyl (C=O) groups is 4. The molecule has 1 aliphatic rings. The number of nitrogens with one attached hydrogen (secondary N) is 1. The lowest BCUT2D eigenvalue weighted by atomic mass is 10.1. The number of anilines is 1. The van der Waals surface area contributed by atoms with Crippen molar-refractivity contribution in [3.8, 4) is 0 Å². The topological polar surface area (TPSA) is 106 Å². The van der Waals surface area contributed by atoms with Crippen molar-refractivity contribution in [1.29, 1.82) is 0 Å². The first-order valence-electron chi connectivity index (χ1n) is 8.33. The summed E-state index contributed by atoms with van der Waals surface area (Å²) in [6.45, 7) is -0.878. The molecule has 0 fully saturated rings. The number of amides is 2. The number of halogens is 1. The lowest BCUT2D eigenvalue weighted by Crippen LogP contribution is -2.32. The van der Waals surface area contributed by atoms with E-state index in [1.54, 1.807) is 25.2 Å². The van der Waals surface area contributed by atoms with Crippen LogP contribution in [0.4, 0.5) is 5.69 Å². The Balaban J connectivity index is 1.50. The van der Waals surface area contributed by atoms with Crippen LogP contribution in [-0.2, 0) is 20.7 Å². The standard InChI is InChI=1S/C19H16ClN3O5/c1-23-15-3-2-11(6-12(15)7-17(23)25)16(24)10-28-18(26)9-22-19(27)14-8-13(20)4-5-21-14/h2-6,8H,7,9-10H2,1H3,(H,22,27). The van der Waals surface area contributed by atoms with Crippen molar-refractivity contribution < 1.29 is 23.9 Å². The van der Waals surface area contributed by atoms with Crippen molar-refractivity contribution in [3.05, 3.63) is 58.4 Å². The molecule has 1 aromatic carbocycles. The monoisotopic (exact) mass is 401 g/mol. The van der Waals surface area contributed by atoms with Crippen LogP contribution in [0.25, 0.3) is 0 Å². The van der Waals surface area contributed by atoms with Crippen molar-refractivity contribution in [1.82, 2.24) is 10.3 Å². The number of Topliss-reactive ketones (excluding diaryl/α,β-unsaturated/α-hetero) is 1. The predicted octanol–water partition coefficient (Wildman–Crippen LogP) is 1.41. The van der Waals surface area contributed by atoms with Gasteiger partial charge in [-0.05, 0) is 35.9 Å². The van der Waals surface area contributed by atoms with E-state index in [9.17, 15) is 19.2 Å². The highest BCUT2D eigenvalue weighted by Gasteiger charge is 2.25. The fraction of sp³-hybridized carbons (Fsp3) is 0.211. The zero-order valence-electron chi connectivity index (χ0n) is 14.9. The van der Waals surface area contributed by atoms with Crippen LogP contribution in [-0.4, -0.2) is 48.8 Å². The highest BCUT2D eigenvalue weighted by molar-refractivity contribution is 6.30. The predicted molar refractivity (Wildman–Crippen MR) is 100 cm³/mol. The molecule has 2 amide bonds. The normalized spacial score (nSPS) is 12.5. The zero-order chi connectivity index (χ0) is 20.3. The minimum atomic E-state index is -0.764. The third kappa shape index (κ3) is 4.34. The van der Waals surface area contributed by atoms with E-state index in [0.717, 1.165) is 11.3 Å². The molecule has 0 unspecified atom stereocenters. The largest absolute Gasteiger partial charge is 0.456 e. The number of fused-ring (bicyclic) bond motifs is 1. The molecular formula is C19H16ClN3O5. The van der Waals surface area contributed by atoms with Crippen LogP contribution in [0.15, 0.2) is 36.5 Å². The van der Waals surface area contributed by atoms with Gasteiger partial charge in [-0.15, -0.1) is 0 Å². The molecule has 28 heavy (non-hydrogen) atoms. The number of benzene rings is 1. The van der Waals surface area contributed by atoms with Gasteiger partial charge in [-0.3, -0.25) is 24.2 Å². The first-order valence-corrected chi connectivity index (χ1v) is 8.71. The Morgan fingerprint density at radius 1 is 1.25 bits per heavy atom. The fourth-order valence-corrected chi connectivity index (χ4v) is 2.86. The van der Waals surface area contributed by atoms with Gasteiger partial charge in [0.15, 0.2) is 12.4 Å². The maximum atomic E-state index is 12.2. The van der Waals surface area contributed by atoms with Crippen molar-refractivity contribution >= 4 is 40.9 Å². The molecule has 1 aliphatic heterocycles. The third-order valence-electron chi connectivity index (χ3n) is 4.19. The summed E-state index contributed by atoms with van der Waals surface area (Å²) in [7, 11) is 1.67. The molecule has 9 heteroatoms. The van der Waals surface area contributed by atoms with Gasteiger partial charge in [0.2, 0.25) is 5.91 Å². The molecule has 0 aliphatic carbocycles. The smallest absolute Gasteiger partial charge is 0.325 e. The highest BCUT2D eigenvalue weighted by Crippen LogP contribution is 2.28. The molecular weight excluding hydrogens is 386 g/mol. The van der Waals surface area contributed by atoms with Crippen LogP contribution in [0.1, 0.15) is 26.4 Å². The van der Waals surface area contributed by atoms with Gasteiger partial charge in [-0.25, -0.2) is 0 Å². The Bertz CT molecular complexity index is 976. The minimum absolute atomic E-state index is 0.0454. The van der Waals surface area contributed by atoms with Gasteiger partial charge in [-0.2, -0.15) is 0 Å². The number of rotatable bonds is 6. The van der Waals surface area contributed by atoms with Crippen molar-refractivity contribution in [2.75, 3.05) is 25.1 Å². The van der Waals surface area contributed by atoms with E-state index in [1.807, 2.05) is 0 Å². The van der Waals surface area contributed by atoms with E-state index in [1.165, 1.54) is 23.2 Å². The number of ketones is 1. The summed E-state index contributed by atoms with van der Waals surface area (Å²) in [5.74, 6) is -1.80. The van der Waals surface area contributed by atoms with E-state index < -0.39 is 30.8 Å². The third-order valence-corrected chi connectivity index (χ3v) is 4.43. The first-order chi connectivity index (χ1) is 13.3. The summed E-state index contributed by atoms with van der Waals surface area (Å²) in [6, 6.07) is 7.77. The van der Waals surface area contributed by atoms with Crippen LogP contribution in [0.5, 0.6) is 0 Å². The summed E-state index contributed by atoms with van der Waals surface area (Å²) in [6.07, 6.45) is 1.60. The number of ether oxygens (including phenoxy) is 1. The quantitative estimate of drug-likeness (QED) is 0.579. The summed E-state index contributed by atoms with van der Waals surface area (Å²) in [4.78, 5) is 52.9. The van der Waals surface area contributed by atoms with Gasteiger partial charge in [0, 0.05) is 29.5 Å². The zero-order valence-corrected chi connectivity index (χ0v) is 15.7. The molecule has 0 radical (unpaired) electrons. The van der Waals surface area contributed by atoms with Crippen molar-refractivity contribution in [3.63, 3.8) is 0 Å². The first kappa shape index (κ1) is 19.5. The number of hydrogen-bond acceptors (Lipinski definition) is 6. The molecule has 0 saturated carbocycles. The molecule has 0 atom stereocenters. The SMILES string of the molecule is CN1C(=O)Cc2cc(C(=O)COC(=O)CNC(=O)c3cc(Cl)ccn3)ccc21. The maximum absolute atomic E-state index is 12.2. The Kier molecular flexibility index (Phi) is 5.70. The second kappa shape index (κ2) is 8.18. The lowest BCUT2D eigenvalue weighted by Gasteiger charge is -2.10. The van der Waals surface area contributed by atoms with Gasteiger partial charge in [0.25, 0.3) is 5.91 Å². The second-order valence-corrected chi connectivity index (χ2v) is 6.54. The molecule has 144 valence electrons. The molecule has 0 spiro atoms. The number of hydrogen-bond donors (Lipinski definition) is 1. The summed E-state index contributed by atoms with van der Waals surface area (Å²) < 4.78 is 4.90. The number of likely N-dealkylation sites (N-methyl/N-ethyl adjacent to an activating group) is 1. The maximum Gasteiger partial charge on any atom is 0.325 e. The molecule has 8 nitrogen and oxygen atoms in total. The molecule has 1 aromatic heterocycles. The van der Waals surface area contributed by atoms with Gasteiger partial charge in [0.1, 0.15) is 12.2 Å². The highest BCUT2D eigenvalue weighted by atomic mass is 35.5. The molecule has 2 aromatic rings. The van der Waals surface area contributed by atoms with Crippen LogP contribution in [0.2, 0.25) is 5.02 Å². The Morgan fingerprint density at radius 3 is 2.79 bits per heavy atom. The van der Waals surface area contributed by atoms with Gasteiger partial charge >= 0.3 is 5.97 Å². The van der Waals surface area contributed by atoms with E-state index >= 15 is 0 Å². The molecule has 0 saturated heterocycles. The Hall–Kier alpha value is -3.26. The average molecular weight is 402 g/mol. The molecule has 3 rings (SSSR count). The van der Waals surface area contributed by atoms with E-state index in [2.05, 4.69) is 10.3 Å². The molecule has 2 heterocycles. The van der Waals surface area contributed by atoms with Crippen LogP contribution >= 0.6 is 11.6 Å². The lowest BCUT2D eigenvalue weighted by molar-refractivity contribution is -0.141. The van der Waals surface area contributed by atoms with E-state index in [-0.39, 0.29) is 18.0 Å². The summed E-state index contributed by atoms with van der Waals surface area (Å²) in [5.41, 5.74) is 1.93. The van der Waals surface area contributed by atoms with Crippen LogP contribution in [0.3, 0.4) is 0 Å².